The monoisotopic (exact) mass is 266 g/mol. The number of carbonyl (C=O) groups excluding carboxylic acids is 1. The molecule has 100 valence electrons. The van der Waals surface area contributed by atoms with Crippen molar-refractivity contribution in [3.05, 3.63) is 41.1 Å². The number of nitrogens with one attached hydrogen (secondary N) is 2. The van der Waals surface area contributed by atoms with Crippen molar-refractivity contribution in [3.63, 3.8) is 0 Å². The van der Waals surface area contributed by atoms with Crippen LogP contribution in [0.3, 0.4) is 0 Å². The first-order chi connectivity index (χ1) is 9.47. The Balaban J connectivity index is 2.37. The first kappa shape index (κ1) is 13.6. The number of amides is 1. The lowest BCUT2D eigenvalue weighted by molar-refractivity contribution is 0.0930. The number of hydrogen-bond acceptors (Lipinski definition) is 4. The molecule has 1 aromatic carbocycles. The van der Waals surface area contributed by atoms with Crippen LogP contribution in [0.25, 0.3) is 0 Å². The molecular weight excluding hydrogens is 252 g/mol. The zero-order valence-corrected chi connectivity index (χ0v) is 11.3. The summed E-state index contributed by atoms with van der Waals surface area (Å²) in [6.07, 6.45) is 1.36. The molecule has 0 aromatic heterocycles. The van der Waals surface area contributed by atoms with E-state index in [9.17, 15) is 4.79 Å². The number of allylic oxidation sites excluding steroid dienone is 1. The molecule has 0 atom stereocenters. The zero-order chi connectivity index (χ0) is 14.8. The van der Waals surface area contributed by atoms with Gasteiger partial charge in [-0.3, -0.25) is 4.79 Å². The van der Waals surface area contributed by atoms with Gasteiger partial charge in [0.05, 0.1) is 0 Å². The lowest BCUT2D eigenvalue weighted by atomic mass is 9.79. The molecule has 2 rings (SSSR count). The summed E-state index contributed by atoms with van der Waals surface area (Å²) in [4.78, 5) is 11.8. The molecule has 1 aliphatic rings. The van der Waals surface area contributed by atoms with E-state index in [1.807, 2.05) is 6.07 Å². The molecule has 5 heteroatoms. The molecular formula is C15H14N4O. The van der Waals surface area contributed by atoms with Crippen LogP contribution in [-0.4, -0.2) is 12.5 Å². The van der Waals surface area contributed by atoms with E-state index in [-0.39, 0.29) is 16.9 Å². The van der Waals surface area contributed by atoms with Crippen LogP contribution in [-0.2, 0) is 5.41 Å². The summed E-state index contributed by atoms with van der Waals surface area (Å²) in [5.74, 6) is -0.0730. The summed E-state index contributed by atoms with van der Waals surface area (Å²) in [5, 5.41) is 23.1. The largest absolute Gasteiger partial charge is 0.360 e. The lowest BCUT2D eigenvalue weighted by Gasteiger charge is -2.32. The van der Waals surface area contributed by atoms with Gasteiger partial charge in [-0.15, -0.1) is 0 Å². The number of hydrogen-bond donors (Lipinski definition) is 2. The van der Waals surface area contributed by atoms with Gasteiger partial charge < -0.3 is 10.6 Å². The standard InChI is InChI=1S/C15H14N4O/c1-15(2)9-19-14(20)12-4-3-11(5-13(12)15)18-8-10(6-16)7-17/h3-5,8,18H,9H2,1-2H3,(H,19,20). The summed E-state index contributed by atoms with van der Waals surface area (Å²) in [6, 6.07) is 8.95. The first-order valence-corrected chi connectivity index (χ1v) is 6.17. The van der Waals surface area contributed by atoms with Gasteiger partial charge in [-0.1, -0.05) is 13.8 Å². The highest BCUT2D eigenvalue weighted by Gasteiger charge is 2.31. The van der Waals surface area contributed by atoms with E-state index in [0.29, 0.717) is 12.1 Å². The summed E-state index contributed by atoms with van der Waals surface area (Å²) < 4.78 is 0. The van der Waals surface area contributed by atoms with Crippen LogP contribution in [0.15, 0.2) is 30.0 Å². The van der Waals surface area contributed by atoms with Crippen molar-refractivity contribution < 1.29 is 4.79 Å². The third-order valence-corrected chi connectivity index (χ3v) is 3.31. The molecule has 1 heterocycles. The summed E-state index contributed by atoms with van der Waals surface area (Å²) in [6.45, 7) is 4.70. The molecule has 1 amide bonds. The van der Waals surface area contributed by atoms with Gasteiger partial charge in [-0.25, -0.2) is 0 Å². The third kappa shape index (κ3) is 2.48. The highest BCUT2D eigenvalue weighted by atomic mass is 16.1. The molecule has 0 saturated heterocycles. The predicted molar refractivity (Wildman–Crippen MR) is 74.7 cm³/mol. The minimum atomic E-state index is -0.155. The van der Waals surface area contributed by atoms with Gasteiger partial charge in [0, 0.05) is 29.4 Å². The first-order valence-electron chi connectivity index (χ1n) is 6.17. The molecule has 0 spiro atoms. The van der Waals surface area contributed by atoms with Crippen molar-refractivity contribution in [3.8, 4) is 12.1 Å². The van der Waals surface area contributed by atoms with E-state index in [4.69, 9.17) is 10.5 Å². The maximum Gasteiger partial charge on any atom is 0.251 e. The number of nitrogens with zero attached hydrogens (tertiary/aromatic N) is 2. The van der Waals surface area contributed by atoms with Crippen molar-refractivity contribution in [2.75, 3.05) is 11.9 Å². The predicted octanol–water partition coefficient (Wildman–Crippen LogP) is 2.05. The molecule has 2 N–H and O–H groups in total. The highest BCUT2D eigenvalue weighted by molar-refractivity contribution is 5.97. The van der Waals surface area contributed by atoms with Crippen LogP contribution >= 0.6 is 0 Å². The SMILES string of the molecule is CC1(C)CNC(=O)c2ccc(NC=C(C#N)C#N)cc21. The Morgan fingerprint density at radius 1 is 1.40 bits per heavy atom. The van der Waals surface area contributed by atoms with Crippen LogP contribution in [0.5, 0.6) is 0 Å². The number of carbonyl (C=O) groups is 1. The van der Waals surface area contributed by atoms with E-state index in [2.05, 4.69) is 24.5 Å². The van der Waals surface area contributed by atoms with Crippen LogP contribution in [0, 0.1) is 22.7 Å². The Bertz CT molecular complexity index is 658. The molecule has 1 aliphatic heterocycles. The second kappa shape index (κ2) is 5.07. The fraction of sp³-hybridized carbons (Fsp3) is 0.267. The molecule has 0 fully saturated rings. The van der Waals surface area contributed by atoms with Crippen molar-refractivity contribution in [2.24, 2.45) is 0 Å². The van der Waals surface area contributed by atoms with Gasteiger partial charge >= 0.3 is 0 Å². The molecule has 0 bridgehead atoms. The second-order valence-electron chi connectivity index (χ2n) is 5.25. The van der Waals surface area contributed by atoms with Crippen LogP contribution in [0.1, 0.15) is 29.8 Å². The number of nitriles is 2. The molecule has 0 unspecified atom stereocenters. The summed E-state index contributed by atoms with van der Waals surface area (Å²) in [7, 11) is 0. The summed E-state index contributed by atoms with van der Waals surface area (Å²) in [5.41, 5.74) is 2.21. The zero-order valence-electron chi connectivity index (χ0n) is 11.3. The molecule has 20 heavy (non-hydrogen) atoms. The van der Waals surface area contributed by atoms with Gasteiger partial charge in [0.1, 0.15) is 17.7 Å². The topological polar surface area (TPSA) is 88.7 Å². The Hall–Kier alpha value is -2.79. The van der Waals surface area contributed by atoms with Crippen molar-refractivity contribution >= 4 is 11.6 Å². The van der Waals surface area contributed by atoms with Crippen molar-refractivity contribution in [1.29, 1.82) is 10.5 Å². The lowest BCUT2D eigenvalue weighted by Crippen LogP contribution is -2.43. The fourth-order valence-electron chi connectivity index (χ4n) is 2.13. The highest BCUT2D eigenvalue weighted by Crippen LogP contribution is 2.31. The Kier molecular flexibility index (Phi) is 3.45. The second-order valence-corrected chi connectivity index (χ2v) is 5.25. The average molecular weight is 266 g/mol. The van der Waals surface area contributed by atoms with Crippen LogP contribution in [0.4, 0.5) is 5.69 Å². The van der Waals surface area contributed by atoms with E-state index < -0.39 is 0 Å². The minimum Gasteiger partial charge on any atom is -0.360 e. The van der Waals surface area contributed by atoms with Gasteiger partial charge in [0.15, 0.2) is 0 Å². The normalized spacial score (nSPS) is 15.1. The number of benzene rings is 1. The smallest absolute Gasteiger partial charge is 0.251 e. The molecule has 0 radical (unpaired) electrons. The average Bonchev–Trinajstić information content (AvgIpc) is 2.44. The van der Waals surface area contributed by atoms with Gasteiger partial charge in [-0.2, -0.15) is 10.5 Å². The van der Waals surface area contributed by atoms with Crippen molar-refractivity contribution in [1.82, 2.24) is 5.32 Å². The maximum absolute atomic E-state index is 11.8. The molecule has 1 aromatic rings. The number of anilines is 1. The van der Waals surface area contributed by atoms with Crippen molar-refractivity contribution in [2.45, 2.75) is 19.3 Å². The van der Waals surface area contributed by atoms with Crippen LogP contribution in [0.2, 0.25) is 0 Å². The quantitative estimate of drug-likeness (QED) is 0.802. The minimum absolute atomic E-state index is 0.000256. The van der Waals surface area contributed by atoms with E-state index in [1.54, 1.807) is 24.3 Å². The Morgan fingerprint density at radius 3 is 2.75 bits per heavy atom. The fourth-order valence-corrected chi connectivity index (χ4v) is 2.13. The van der Waals surface area contributed by atoms with Gasteiger partial charge in [-0.05, 0) is 23.8 Å². The van der Waals surface area contributed by atoms with Gasteiger partial charge in [0.2, 0.25) is 0 Å². The number of fused-ring (bicyclic) bond motifs is 1. The molecule has 0 saturated carbocycles. The molecule has 5 nitrogen and oxygen atoms in total. The Labute approximate surface area is 117 Å². The molecule has 0 aliphatic carbocycles. The van der Waals surface area contributed by atoms with E-state index in [0.717, 1.165) is 11.3 Å². The number of rotatable bonds is 2. The van der Waals surface area contributed by atoms with Crippen LogP contribution < -0.4 is 10.6 Å². The third-order valence-electron chi connectivity index (χ3n) is 3.31. The van der Waals surface area contributed by atoms with E-state index in [1.165, 1.54) is 6.20 Å². The van der Waals surface area contributed by atoms with Gasteiger partial charge in [0.25, 0.3) is 5.91 Å². The summed E-state index contributed by atoms with van der Waals surface area (Å²) >= 11 is 0. The Morgan fingerprint density at radius 2 is 2.10 bits per heavy atom. The maximum atomic E-state index is 11.8. The van der Waals surface area contributed by atoms with E-state index >= 15 is 0 Å².